The Hall–Kier alpha value is -1.42. The van der Waals surface area contributed by atoms with Crippen molar-refractivity contribution in [2.45, 2.75) is 6.42 Å². The van der Waals surface area contributed by atoms with Crippen LogP contribution in [0.1, 0.15) is 6.42 Å². The van der Waals surface area contributed by atoms with Gasteiger partial charge in [-0.15, -0.1) is 0 Å². The van der Waals surface area contributed by atoms with Crippen LogP contribution in [-0.2, 0) is 0 Å². The summed E-state index contributed by atoms with van der Waals surface area (Å²) in [5, 5.41) is 7.73. The standard InChI is InChI=1S/C13H17N3S/c1-17-11-5-8-14-12-6-2-3-7-13(12)16-10-4-9-15-16/h2-4,6-7,9-10,14H,5,8,11H2,1H3. The SMILES string of the molecule is CSCCCNc1ccccc1-n1cccn1. The third-order valence-corrected chi connectivity index (χ3v) is 3.19. The van der Waals surface area contributed by atoms with Crippen LogP contribution >= 0.6 is 11.8 Å². The van der Waals surface area contributed by atoms with Crippen LogP contribution in [0.15, 0.2) is 42.7 Å². The van der Waals surface area contributed by atoms with Gasteiger partial charge in [-0.1, -0.05) is 12.1 Å². The Morgan fingerprint density at radius 3 is 2.94 bits per heavy atom. The summed E-state index contributed by atoms with van der Waals surface area (Å²) in [5.41, 5.74) is 2.24. The van der Waals surface area contributed by atoms with Crippen LogP contribution in [0.4, 0.5) is 5.69 Å². The molecule has 0 spiro atoms. The molecule has 0 bridgehead atoms. The van der Waals surface area contributed by atoms with E-state index in [0.717, 1.165) is 17.9 Å². The van der Waals surface area contributed by atoms with E-state index in [9.17, 15) is 0 Å². The van der Waals surface area contributed by atoms with Crippen LogP contribution in [-0.4, -0.2) is 28.3 Å². The number of rotatable bonds is 6. The predicted molar refractivity (Wildman–Crippen MR) is 75.1 cm³/mol. The lowest BCUT2D eigenvalue weighted by Crippen LogP contribution is -2.06. The summed E-state index contributed by atoms with van der Waals surface area (Å²) in [5.74, 6) is 1.19. The van der Waals surface area contributed by atoms with E-state index in [1.165, 1.54) is 12.2 Å². The lowest BCUT2D eigenvalue weighted by molar-refractivity contribution is 0.877. The second-order valence-corrected chi connectivity index (χ2v) is 4.73. The molecule has 3 nitrogen and oxygen atoms in total. The number of para-hydroxylation sites is 2. The summed E-state index contributed by atoms with van der Waals surface area (Å²) in [7, 11) is 0. The molecule has 0 saturated heterocycles. The fourth-order valence-electron chi connectivity index (χ4n) is 1.67. The average molecular weight is 247 g/mol. The van der Waals surface area contributed by atoms with Gasteiger partial charge in [0.15, 0.2) is 0 Å². The first-order chi connectivity index (χ1) is 8.42. The van der Waals surface area contributed by atoms with E-state index >= 15 is 0 Å². The first-order valence-electron chi connectivity index (χ1n) is 5.73. The molecule has 90 valence electrons. The highest BCUT2D eigenvalue weighted by Crippen LogP contribution is 2.18. The molecule has 0 unspecified atom stereocenters. The Kier molecular flexibility index (Phi) is 4.50. The number of benzene rings is 1. The van der Waals surface area contributed by atoms with Gasteiger partial charge in [0.25, 0.3) is 0 Å². The Bertz CT molecular complexity index is 440. The summed E-state index contributed by atoms with van der Waals surface area (Å²) < 4.78 is 1.89. The molecule has 2 rings (SSSR count). The van der Waals surface area contributed by atoms with Crippen molar-refractivity contribution in [2.24, 2.45) is 0 Å². The number of nitrogens with one attached hydrogen (secondary N) is 1. The van der Waals surface area contributed by atoms with Crippen molar-refractivity contribution >= 4 is 17.4 Å². The van der Waals surface area contributed by atoms with Gasteiger partial charge in [0.1, 0.15) is 0 Å². The fraction of sp³-hybridized carbons (Fsp3) is 0.308. The topological polar surface area (TPSA) is 29.9 Å². The first-order valence-corrected chi connectivity index (χ1v) is 7.13. The van der Waals surface area contributed by atoms with Gasteiger partial charge in [-0.2, -0.15) is 16.9 Å². The van der Waals surface area contributed by atoms with Crippen LogP contribution in [0.2, 0.25) is 0 Å². The van der Waals surface area contributed by atoms with Crippen molar-refractivity contribution < 1.29 is 0 Å². The molecule has 0 fully saturated rings. The lowest BCUT2D eigenvalue weighted by Gasteiger charge is -2.11. The molecule has 2 aromatic rings. The number of hydrogen-bond donors (Lipinski definition) is 1. The summed E-state index contributed by atoms with van der Waals surface area (Å²) in [4.78, 5) is 0. The van der Waals surface area contributed by atoms with Crippen molar-refractivity contribution in [1.29, 1.82) is 0 Å². The van der Waals surface area contributed by atoms with E-state index in [4.69, 9.17) is 0 Å². The molecule has 0 aliphatic rings. The van der Waals surface area contributed by atoms with Gasteiger partial charge in [0, 0.05) is 18.9 Å². The monoisotopic (exact) mass is 247 g/mol. The lowest BCUT2D eigenvalue weighted by atomic mass is 10.2. The minimum Gasteiger partial charge on any atom is -0.383 e. The maximum absolute atomic E-state index is 4.26. The van der Waals surface area contributed by atoms with E-state index in [1.807, 2.05) is 40.8 Å². The number of aromatic nitrogens is 2. The van der Waals surface area contributed by atoms with Gasteiger partial charge in [0.2, 0.25) is 0 Å². The van der Waals surface area contributed by atoms with E-state index in [0.29, 0.717) is 0 Å². The molecule has 0 atom stereocenters. The van der Waals surface area contributed by atoms with Gasteiger partial charge in [0.05, 0.1) is 11.4 Å². The maximum Gasteiger partial charge on any atom is 0.0876 e. The van der Waals surface area contributed by atoms with Gasteiger partial charge in [-0.05, 0) is 36.6 Å². The fourth-order valence-corrected chi connectivity index (χ4v) is 2.11. The molecule has 0 saturated carbocycles. The Balaban J connectivity index is 2.06. The molecule has 17 heavy (non-hydrogen) atoms. The van der Waals surface area contributed by atoms with Gasteiger partial charge in [-0.25, -0.2) is 4.68 Å². The largest absolute Gasteiger partial charge is 0.383 e. The summed E-state index contributed by atoms with van der Waals surface area (Å²) in [6.45, 7) is 0.999. The van der Waals surface area contributed by atoms with Crippen molar-refractivity contribution in [1.82, 2.24) is 9.78 Å². The van der Waals surface area contributed by atoms with E-state index in [1.54, 1.807) is 6.20 Å². The van der Waals surface area contributed by atoms with Crippen LogP contribution in [0.5, 0.6) is 0 Å². The zero-order valence-corrected chi connectivity index (χ0v) is 10.8. The highest BCUT2D eigenvalue weighted by molar-refractivity contribution is 7.98. The normalized spacial score (nSPS) is 10.4. The van der Waals surface area contributed by atoms with E-state index < -0.39 is 0 Å². The van der Waals surface area contributed by atoms with Crippen molar-refractivity contribution in [3.05, 3.63) is 42.7 Å². The van der Waals surface area contributed by atoms with Crippen LogP contribution in [0.25, 0.3) is 5.69 Å². The summed E-state index contributed by atoms with van der Waals surface area (Å²) in [6, 6.07) is 10.2. The molecule has 4 heteroatoms. The highest BCUT2D eigenvalue weighted by Gasteiger charge is 2.02. The molecule has 0 radical (unpaired) electrons. The zero-order valence-electron chi connectivity index (χ0n) is 9.97. The Labute approximate surface area is 106 Å². The average Bonchev–Trinajstić information content (AvgIpc) is 2.89. The Morgan fingerprint density at radius 2 is 2.18 bits per heavy atom. The minimum atomic E-state index is 0.999. The highest BCUT2D eigenvalue weighted by atomic mass is 32.2. The van der Waals surface area contributed by atoms with Crippen LogP contribution in [0.3, 0.4) is 0 Å². The van der Waals surface area contributed by atoms with Crippen molar-refractivity contribution in [3.8, 4) is 5.69 Å². The number of thioether (sulfide) groups is 1. The van der Waals surface area contributed by atoms with Crippen LogP contribution < -0.4 is 5.32 Å². The smallest absolute Gasteiger partial charge is 0.0876 e. The second kappa shape index (κ2) is 6.35. The first kappa shape index (κ1) is 12.0. The molecule has 0 amide bonds. The third kappa shape index (κ3) is 3.27. The maximum atomic E-state index is 4.26. The Morgan fingerprint density at radius 1 is 1.29 bits per heavy atom. The molecule has 1 aromatic carbocycles. The van der Waals surface area contributed by atoms with Gasteiger partial charge < -0.3 is 5.32 Å². The van der Waals surface area contributed by atoms with Crippen molar-refractivity contribution in [2.75, 3.05) is 23.9 Å². The molecule has 0 aliphatic heterocycles. The molecule has 0 aliphatic carbocycles. The van der Waals surface area contributed by atoms with E-state index in [2.05, 4.69) is 28.8 Å². The number of nitrogens with zero attached hydrogens (tertiary/aromatic N) is 2. The second-order valence-electron chi connectivity index (χ2n) is 3.74. The van der Waals surface area contributed by atoms with Gasteiger partial charge in [-0.3, -0.25) is 0 Å². The molecule has 1 aromatic heterocycles. The van der Waals surface area contributed by atoms with Gasteiger partial charge >= 0.3 is 0 Å². The summed E-state index contributed by atoms with van der Waals surface area (Å²) in [6.07, 6.45) is 7.07. The minimum absolute atomic E-state index is 0.999. The number of anilines is 1. The van der Waals surface area contributed by atoms with Crippen LogP contribution in [0, 0.1) is 0 Å². The predicted octanol–water partition coefficient (Wildman–Crippen LogP) is 3.04. The molecule has 1 heterocycles. The van der Waals surface area contributed by atoms with E-state index in [-0.39, 0.29) is 0 Å². The zero-order chi connectivity index (χ0) is 11.9. The number of hydrogen-bond acceptors (Lipinski definition) is 3. The van der Waals surface area contributed by atoms with Crippen molar-refractivity contribution in [3.63, 3.8) is 0 Å². The summed E-state index contributed by atoms with van der Waals surface area (Å²) >= 11 is 1.88. The molecule has 1 N–H and O–H groups in total. The molecular formula is C13H17N3S. The molecular weight excluding hydrogens is 230 g/mol. The quantitative estimate of drug-likeness (QED) is 0.796. The third-order valence-electron chi connectivity index (χ3n) is 2.50.